The maximum Gasteiger partial charge on any atom is 0.237 e. The molecule has 0 unspecified atom stereocenters. The predicted octanol–water partition coefficient (Wildman–Crippen LogP) is 3.43. The molecule has 0 atom stereocenters. The van der Waals surface area contributed by atoms with Gasteiger partial charge in [-0.05, 0) is 19.1 Å². The van der Waals surface area contributed by atoms with Gasteiger partial charge in [-0.15, -0.1) is 0 Å². The Balaban J connectivity index is 2.10. The molecule has 0 spiro atoms. The summed E-state index contributed by atoms with van der Waals surface area (Å²) in [6.07, 6.45) is 1.74. The summed E-state index contributed by atoms with van der Waals surface area (Å²) in [6.45, 7) is 1.93. The Morgan fingerprint density at radius 1 is 1.17 bits per heavy atom. The molecule has 0 amide bonds. The molecule has 3 aromatic rings. The highest BCUT2D eigenvalue weighted by molar-refractivity contribution is 6.29. The van der Waals surface area contributed by atoms with Crippen LogP contribution in [0.15, 0.2) is 42.6 Å². The molecule has 0 aliphatic heterocycles. The fraction of sp³-hybridized carbons (Fsp3) is 0.0769. The van der Waals surface area contributed by atoms with E-state index in [0.717, 1.165) is 17.2 Å². The fourth-order valence-corrected chi connectivity index (χ4v) is 1.99. The van der Waals surface area contributed by atoms with Gasteiger partial charge >= 0.3 is 0 Å². The lowest BCUT2D eigenvalue weighted by molar-refractivity contribution is 1.07. The molecule has 0 aliphatic rings. The number of anilines is 2. The van der Waals surface area contributed by atoms with E-state index in [-0.39, 0.29) is 0 Å². The van der Waals surface area contributed by atoms with E-state index in [4.69, 9.17) is 11.6 Å². The van der Waals surface area contributed by atoms with Crippen LogP contribution in [0.3, 0.4) is 0 Å². The average Bonchev–Trinajstić information content (AvgIpc) is 2.71. The van der Waals surface area contributed by atoms with Crippen molar-refractivity contribution in [2.75, 3.05) is 5.32 Å². The molecule has 0 bridgehead atoms. The van der Waals surface area contributed by atoms with Crippen molar-refractivity contribution in [2.45, 2.75) is 6.92 Å². The van der Waals surface area contributed by atoms with Crippen LogP contribution in [0, 0.1) is 6.92 Å². The molecule has 5 heteroatoms. The largest absolute Gasteiger partial charge is 0.341 e. The minimum atomic E-state index is 0.434. The molecule has 4 nitrogen and oxygen atoms in total. The van der Waals surface area contributed by atoms with Crippen LogP contribution < -0.4 is 5.32 Å². The number of hydrogen-bond donors (Lipinski definition) is 1. The van der Waals surface area contributed by atoms with Gasteiger partial charge in [-0.3, -0.25) is 4.40 Å². The van der Waals surface area contributed by atoms with E-state index in [9.17, 15) is 0 Å². The summed E-state index contributed by atoms with van der Waals surface area (Å²) in [7, 11) is 0. The van der Waals surface area contributed by atoms with E-state index < -0.39 is 0 Å². The van der Waals surface area contributed by atoms with E-state index in [1.54, 1.807) is 6.20 Å². The third-order valence-corrected chi connectivity index (χ3v) is 2.77. The second-order valence-corrected chi connectivity index (χ2v) is 4.39. The summed E-state index contributed by atoms with van der Waals surface area (Å²) < 4.78 is 1.84. The minimum Gasteiger partial charge on any atom is -0.341 e. The number of benzene rings is 1. The van der Waals surface area contributed by atoms with Gasteiger partial charge in [-0.25, -0.2) is 4.98 Å². The first-order valence-corrected chi connectivity index (χ1v) is 5.94. The Bertz CT molecular complexity index is 691. The molecule has 0 aliphatic carbocycles. The number of rotatable bonds is 2. The number of aryl methyl sites for hydroxylation is 1. The SMILES string of the molecule is Cc1cc(Nc2ccccc2)n2cc(Cl)nc2n1. The molecule has 2 aromatic heterocycles. The summed E-state index contributed by atoms with van der Waals surface area (Å²) in [6, 6.07) is 11.9. The molecule has 3 rings (SSSR count). The Morgan fingerprint density at radius 2 is 1.94 bits per heavy atom. The molecule has 90 valence electrons. The predicted molar refractivity (Wildman–Crippen MR) is 72.5 cm³/mol. The fourth-order valence-electron chi connectivity index (χ4n) is 1.82. The first kappa shape index (κ1) is 11.0. The number of nitrogens with zero attached hydrogens (tertiary/aromatic N) is 3. The van der Waals surface area contributed by atoms with Crippen molar-refractivity contribution >= 4 is 28.9 Å². The van der Waals surface area contributed by atoms with E-state index in [1.165, 1.54) is 0 Å². The number of nitrogens with one attached hydrogen (secondary N) is 1. The first-order valence-electron chi connectivity index (χ1n) is 5.57. The molecular weight excluding hydrogens is 248 g/mol. The Kier molecular flexibility index (Phi) is 2.64. The van der Waals surface area contributed by atoms with E-state index in [2.05, 4.69) is 15.3 Å². The van der Waals surface area contributed by atoms with Gasteiger partial charge < -0.3 is 5.32 Å². The number of imidazole rings is 1. The smallest absolute Gasteiger partial charge is 0.237 e. The van der Waals surface area contributed by atoms with Crippen LogP contribution in [0.1, 0.15) is 5.69 Å². The molecule has 2 heterocycles. The zero-order valence-electron chi connectivity index (χ0n) is 9.76. The summed E-state index contributed by atoms with van der Waals surface area (Å²) >= 11 is 5.91. The van der Waals surface area contributed by atoms with Gasteiger partial charge in [0.2, 0.25) is 5.78 Å². The topological polar surface area (TPSA) is 42.2 Å². The van der Waals surface area contributed by atoms with Crippen LogP contribution in [-0.2, 0) is 0 Å². The van der Waals surface area contributed by atoms with Crippen LogP contribution in [0.25, 0.3) is 5.78 Å². The molecule has 0 fully saturated rings. The minimum absolute atomic E-state index is 0.434. The van der Waals surface area contributed by atoms with Crippen molar-refractivity contribution in [3.05, 3.63) is 53.4 Å². The molecule has 1 aromatic carbocycles. The third-order valence-electron chi connectivity index (χ3n) is 2.59. The molecule has 0 saturated heterocycles. The van der Waals surface area contributed by atoms with Gasteiger partial charge in [-0.1, -0.05) is 29.8 Å². The quantitative estimate of drug-likeness (QED) is 0.766. The maximum atomic E-state index is 5.91. The highest BCUT2D eigenvalue weighted by Gasteiger charge is 2.06. The van der Waals surface area contributed by atoms with Gasteiger partial charge in [0.15, 0.2) is 0 Å². The Labute approximate surface area is 109 Å². The van der Waals surface area contributed by atoms with E-state index in [1.807, 2.05) is 47.7 Å². The van der Waals surface area contributed by atoms with E-state index in [0.29, 0.717) is 10.9 Å². The summed E-state index contributed by atoms with van der Waals surface area (Å²) in [5.74, 6) is 1.49. The summed E-state index contributed by atoms with van der Waals surface area (Å²) in [5, 5.41) is 3.76. The Morgan fingerprint density at radius 3 is 2.72 bits per heavy atom. The zero-order valence-corrected chi connectivity index (χ0v) is 10.5. The highest BCUT2D eigenvalue weighted by atomic mass is 35.5. The highest BCUT2D eigenvalue weighted by Crippen LogP contribution is 2.20. The van der Waals surface area contributed by atoms with Gasteiger partial charge in [0.25, 0.3) is 0 Å². The van der Waals surface area contributed by atoms with Crippen LogP contribution in [0.5, 0.6) is 0 Å². The molecule has 0 radical (unpaired) electrons. The van der Waals surface area contributed by atoms with Crippen LogP contribution in [-0.4, -0.2) is 14.4 Å². The lowest BCUT2D eigenvalue weighted by Gasteiger charge is -2.09. The molecular formula is C13H11ClN4. The molecule has 1 N–H and O–H groups in total. The van der Waals surface area contributed by atoms with Gasteiger partial charge in [0.1, 0.15) is 11.0 Å². The molecule has 18 heavy (non-hydrogen) atoms. The normalized spacial score (nSPS) is 10.8. The van der Waals surface area contributed by atoms with Gasteiger partial charge in [0, 0.05) is 17.4 Å². The lowest BCUT2D eigenvalue weighted by atomic mass is 10.3. The summed E-state index contributed by atoms with van der Waals surface area (Å²) in [4.78, 5) is 8.48. The maximum absolute atomic E-state index is 5.91. The van der Waals surface area contributed by atoms with Gasteiger partial charge in [0.05, 0.1) is 6.20 Å². The number of aromatic nitrogens is 3. The summed E-state index contributed by atoms with van der Waals surface area (Å²) in [5.41, 5.74) is 1.90. The monoisotopic (exact) mass is 258 g/mol. The lowest BCUT2D eigenvalue weighted by Crippen LogP contribution is -2.00. The van der Waals surface area contributed by atoms with E-state index >= 15 is 0 Å². The number of fused-ring (bicyclic) bond motifs is 1. The number of para-hydroxylation sites is 1. The molecule has 0 saturated carbocycles. The van der Waals surface area contributed by atoms with Gasteiger partial charge in [-0.2, -0.15) is 4.98 Å². The van der Waals surface area contributed by atoms with Crippen molar-refractivity contribution in [3.8, 4) is 0 Å². The van der Waals surface area contributed by atoms with Crippen molar-refractivity contribution in [1.82, 2.24) is 14.4 Å². The number of halogens is 1. The second-order valence-electron chi connectivity index (χ2n) is 4.01. The standard InChI is InChI=1S/C13H11ClN4/c1-9-7-12(16-10-5-3-2-4-6-10)18-8-11(14)17-13(18)15-9/h2-8,16H,1H3. The van der Waals surface area contributed by atoms with Crippen molar-refractivity contribution in [3.63, 3.8) is 0 Å². The van der Waals surface area contributed by atoms with Crippen LogP contribution >= 0.6 is 11.6 Å². The third kappa shape index (κ3) is 2.02. The average molecular weight is 259 g/mol. The Hall–Kier alpha value is -2.07. The first-order chi connectivity index (χ1) is 8.72. The second kappa shape index (κ2) is 4.31. The van der Waals surface area contributed by atoms with Crippen molar-refractivity contribution < 1.29 is 0 Å². The van der Waals surface area contributed by atoms with Crippen molar-refractivity contribution in [2.24, 2.45) is 0 Å². The van der Waals surface area contributed by atoms with Crippen LogP contribution in [0.2, 0.25) is 5.15 Å². The van der Waals surface area contributed by atoms with Crippen molar-refractivity contribution in [1.29, 1.82) is 0 Å². The number of hydrogen-bond acceptors (Lipinski definition) is 3. The zero-order chi connectivity index (χ0) is 12.5. The van der Waals surface area contributed by atoms with Crippen LogP contribution in [0.4, 0.5) is 11.5 Å².